The third-order valence-electron chi connectivity index (χ3n) is 5.10. The van der Waals surface area contributed by atoms with E-state index < -0.39 is 11.9 Å². The zero-order valence-corrected chi connectivity index (χ0v) is 20.9. The standard InChI is InChI=1S/C26H19BrClN3O4/c1-2-34-23-12-16(10-21(27)24(23)35-15-18-7-4-3-6-17(18)14-29)11-22-25(32)31(26(33)30-22)20-9-5-8-19(28)13-20/h3-13H,2,15H2,1H3,(H,30,33)/b22-11+. The highest BCUT2D eigenvalue weighted by molar-refractivity contribution is 9.10. The summed E-state index contributed by atoms with van der Waals surface area (Å²) in [5.41, 5.74) is 2.38. The molecule has 0 spiro atoms. The molecule has 1 fully saturated rings. The summed E-state index contributed by atoms with van der Waals surface area (Å²) in [5, 5.41) is 12.3. The van der Waals surface area contributed by atoms with Gasteiger partial charge in [0.05, 0.1) is 28.4 Å². The van der Waals surface area contributed by atoms with Crippen LogP contribution in [0.2, 0.25) is 5.02 Å². The summed E-state index contributed by atoms with van der Waals surface area (Å²) in [7, 11) is 0. The van der Waals surface area contributed by atoms with Gasteiger partial charge < -0.3 is 14.8 Å². The fourth-order valence-electron chi connectivity index (χ4n) is 3.53. The highest BCUT2D eigenvalue weighted by Crippen LogP contribution is 2.38. The number of urea groups is 1. The number of amides is 3. The van der Waals surface area contributed by atoms with Crippen LogP contribution in [0.5, 0.6) is 11.5 Å². The Balaban J connectivity index is 1.62. The molecule has 3 amide bonds. The van der Waals surface area contributed by atoms with E-state index in [4.69, 9.17) is 21.1 Å². The Morgan fingerprint density at radius 3 is 2.66 bits per heavy atom. The number of hydrogen-bond acceptors (Lipinski definition) is 5. The first-order valence-corrected chi connectivity index (χ1v) is 11.8. The van der Waals surface area contributed by atoms with Gasteiger partial charge >= 0.3 is 6.03 Å². The number of halogens is 2. The first kappa shape index (κ1) is 24.3. The lowest BCUT2D eigenvalue weighted by Crippen LogP contribution is -2.30. The Hall–Kier alpha value is -3.80. The van der Waals surface area contributed by atoms with E-state index in [9.17, 15) is 14.9 Å². The number of anilines is 1. The number of benzene rings is 3. The Bertz CT molecular complexity index is 1380. The normalized spacial score (nSPS) is 14.1. The highest BCUT2D eigenvalue weighted by Gasteiger charge is 2.35. The third-order valence-corrected chi connectivity index (χ3v) is 5.92. The molecule has 4 rings (SSSR count). The molecule has 3 aromatic rings. The van der Waals surface area contributed by atoms with Gasteiger partial charge in [0.1, 0.15) is 12.3 Å². The number of ether oxygens (including phenoxy) is 2. The maximum absolute atomic E-state index is 13.0. The lowest BCUT2D eigenvalue weighted by atomic mass is 10.1. The molecule has 0 aromatic heterocycles. The maximum Gasteiger partial charge on any atom is 0.333 e. The molecule has 7 nitrogen and oxygen atoms in total. The van der Waals surface area contributed by atoms with Gasteiger partial charge in [-0.2, -0.15) is 5.26 Å². The molecule has 1 aliphatic heterocycles. The van der Waals surface area contributed by atoms with Crippen molar-refractivity contribution in [1.82, 2.24) is 5.32 Å². The highest BCUT2D eigenvalue weighted by atomic mass is 79.9. The van der Waals surface area contributed by atoms with Crippen molar-refractivity contribution in [1.29, 1.82) is 5.26 Å². The Morgan fingerprint density at radius 2 is 1.91 bits per heavy atom. The fourth-order valence-corrected chi connectivity index (χ4v) is 4.29. The summed E-state index contributed by atoms with van der Waals surface area (Å²) in [4.78, 5) is 26.5. The zero-order valence-electron chi connectivity index (χ0n) is 18.5. The van der Waals surface area contributed by atoms with Crippen molar-refractivity contribution >= 4 is 51.2 Å². The maximum atomic E-state index is 13.0. The molecule has 0 atom stereocenters. The third kappa shape index (κ3) is 5.32. The van der Waals surface area contributed by atoms with Crippen molar-refractivity contribution in [2.75, 3.05) is 11.5 Å². The number of nitrogens with one attached hydrogen (secondary N) is 1. The smallest absolute Gasteiger partial charge is 0.333 e. The molecule has 0 bridgehead atoms. The monoisotopic (exact) mass is 551 g/mol. The van der Waals surface area contributed by atoms with E-state index in [1.165, 1.54) is 0 Å². The Kier molecular flexibility index (Phi) is 7.39. The van der Waals surface area contributed by atoms with Gasteiger partial charge in [-0.05, 0) is 70.9 Å². The second-order valence-electron chi connectivity index (χ2n) is 7.43. The van der Waals surface area contributed by atoms with Gasteiger partial charge in [0.15, 0.2) is 11.5 Å². The minimum Gasteiger partial charge on any atom is -0.490 e. The van der Waals surface area contributed by atoms with Gasteiger partial charge in [-0.15, -0.1) is 0 Å². The van der Waals surface area contributed by atoms with Crippen molar-refractivity contribution in [3.63, 3.8) is 0 Å². The van der Waals surface area contributed by atoms with Gasteiger partial charge in [0.2, 0.25) is 0 Å². The molecular weight excluding hydrogens is 534 g/mol. The molecular formula is C26H19BrClN3O4. The second-order valence-corrected chi connectivity index (χ2v) is 8.72. The van der Waals surface area contributed by atoms with Crippen molar-refractivity contribution in [3.05, 3.63) is 92.5 Å². The SMILES string of the molecule is CCOc1cc(/C=C2/NC(=O)N(c3cccc(Cl)c3)C2=O)cc(Br)c1OCc1ccccc1C#N. The van der Waals surface area contributed by atoms with E-state index in [1.807, 2.05) is 19.1 Å². The first-order chi connectivity index (χ1) is 16.9. The number of carbonyl (C=O) groups excluding carboxylic acids is 2. The molecule has 35 heavy (non-hydrogen) atoms. The zero-order chi connectivity index (χ0) is 24.9. The van der Waals surface area contributed by atoms with Crippen molar-refractivity contribution in [2.45, 2.75) is 13.5 Å². The predicted octanol–water partition coefficient (Wildman–Crippen LogP) is 6.05. The molecule has 0 unspecified atom stereocenters. The number of hydrogen-bond donors (Lipinski definition) is 1. The van der Waals surface area contributed by atoms with Crippen LogP contribution in [0.1, 0.15) is 23.6 Å². The van der Waals surface area contributed by atoms with Crippen LogP contribution in [-0.4, -0.2) is 18.5 Å². The number of nitriles is 1. The fraction of sp³-hybridized carbons (Fsp3) is 0.115. The summed E-state index contributed by atoms with van der Waals surface area (Å²) in [5.74, 6) is 0.413. The second kappa shape index (κ2) is 10.6. The van der Waals surface area contributed by atoms with Crippen LogP contribution in [0.15, 0.2) is 70.8 Å². The summed E-state index contributed by atoms with van der Waals surface area (Å²) < 4.78 is 12.4. The van der Waals surface area contributed by atoms with Crippen molar-refractivity contribution < 1.29 is 19.1 Å². The lowest BCUT2D eigenvalue weighted by molar-refractivity contribution is -0.113. The van der Waals surface area contributed by atoms with Crippen LogP contribution >= 0.6 is 27.5 Å². The average molecular weight is 553 g/mol. The summed E-state index contributed by atoms with van der Waals surface area (Å²) in [6.45, 7) is 2.40. The minimum absolute atomic E-state index is 0.112. The van der Waals surface area contributed by atoms with Crippen LogP contribution in [-0.2, 0) is 11.4 Å². The molecule has 1 N–H and O–H groups in total. The van der Waals surface area contributed by atoms with Crippen molar-refractivity contribution in [3.8, 4) is 17.6 Å². The molecule has 0 saturated carbocycles. The largest absolute Gasteiger partial charge is 0.490 e. The minimum atomic E-state index is -0.566. The summed E-state index contributed by atoms with van der Waals surface area (Å²) in [6.07, 6.45) is 1.56. The number of carbonyl (C=O) groups is 2. The van der Waals surface area contributed by atoms with Crippen LogP contribution in [0.3, 0.4) is 0 Å². The number of imide groups is 1. The Labute approximate surface area is 215 Å². The van der Waals surface area contributed by atoms with E-state index >= 15 is 0 Å². The van der Waals surface area contributed by atoms with Crippen LogP contribution in [0.4, 0.5) is 10.5 Å². The van der Waals surface area contributed by atoms with Gasteiger partial charge in [-0.25, -0.2) is 9.69 Å². The molecule has 0 radical (unpaired) electrons. The number of rotatable bonds is 7. The van der Waals surface area contributed by atoms with E-state index in [0.717, 1.165) is 10.5 Å². The molecule has 0 aliphatic carbocycles. The molecule has 1 saturated heterocycles. The predicted molar refractivity (Wildman–Crippen MR) is 136 cm³/mol. The van der Waals surface area contributed by atoms with Crippen LogP contribution in [0, 0.1) is 11.3 Å². The molecule has 3 aromatic carbocycles. The molecule has 1 heterocycles. The number of nitrogens with zero attached hydrogens (tertiary/aromatic N) is 2. The van der Waals surface area contributed by atoms with Gasteiger partial charge in [0.25, 0.3) is 5.91 Å². The average Bonchev–Trinajstić information content (AvgIpc) is 3.11. The molecule has 9 heteroatoms. The van der Waals surface area contributed by atoms with E-state index in [1.54, 1.807) is 54.6 Å². The topological polar surface area (TPSA) is 91.7 Å². The Morgan fingerprint density at radius 1 is 1.11 bits per heavy atom. The molecule has 176 valence electrons. The van der Waals surface area contributed by atoms with Crippen LogP contribution < -0.4 is 19.7 Å². The van der Waals surface area contributed by atoms with Gasteiger partial charge in [-0.3, -0.25) is 4.79 Å². The summed E-state index contributed by atoms with van der Waals surface area (Å²) >= 11 is 9.53. The van der Waals surface area contributed by atoms with E-state index in [-0.39, 0.29) is 12.3 Å². The van der Waals surface area contributed by atoms with Crippen LogP contribution in [0.25, 0.3) is 6.08 Å². The first-order valence-electron chi connectivity index (χ1n) is 10.6. The molecule has 1 aliphatic rings. The van der Waals surface area contributed by atoms with Gasteiger partial charge in [0, 0.05) is 10.6 Å². The quantitative estimate of drug-likeness (QED) is 0.285. The lowest BCUT2D eigenvalue weighted by Gasteiger charge is -2.15. The van der Waals surface area contributed by atoms with E-state index in [0.29, 0.717) is 44.4 Å². The van der Waals surface area contributed by atoms with E-state index in [2.05, 4.69) is 27.3 Å². The summed E-state index contributed by atoms with van der Waals surface area (Å²) in [6, 6.07) is 18.7. The van der Waals surface area contributed by atoms with Gasteiger partial charge in [-0.1, -0.05) is 35.9 Å². The van der Waals surface area contributed by atoms with Crippen molar-refractivity contribution in [2.24, 2.45) is 0 Å².